The first-order chi connectivity index (χ1) is 7.13. The Morgan fingerprint density at radius 1 is 1.33 bits per heavy atom. The Morgan fingerprint density at radius 2 is 2.07 bits per heavy atom. The minimum absolute atomic E-state index is 0.188. The van der Waals surface area contributed by atoms with Gasteiger partial charge in [0, 0.05) is 12.1 Å². The molecular formula is C12H17F2N. The van der Waals surface area contributed by atoms with E-state index in [0.717, 1.165) is 25.3 Å². The summed E-state index contributed by atoms with van der Waals surface area (Å²) in [5, 5.41) is 0. The monoisotopic (exact) mass is 213 g/mol. The average Bonchev–Trinajstić information content (AvgIpc) is 2.21. The van der Waals surface area contributed by atoms with E-state index in [9.17, 15) is 8.78 Å². The molecular weight excluding hydrogens is 196 g/mol. The largest absolute Gasteiger partial charge is 0.328 e. The lowest BCUT2D eigenvalue weighted by molar-refractivity contribution is 0.544. The lowest BCUT2D eigenvalue weighted by Gasteiger charge is -2.08. The highest BCUT2D eigenvalue weighted by molar-refractivity contribution is 5.18. The van der Waals surface area contributed by atoms with Gasteiger partial charge in [-0.1, -0.05) is 13.0 Å². The molecule has 1 aromatic carbocycles. The molecule has 0 heterocycles. The molecule has 15 heavy (non-hydrogen) atoms. The lowest BCUT2D eigenvalue weighted by Crippen LogP contribution is -2.18. The third-order valence-corrected chi connectivity index (χ3v) is 2.56. The highest BCUT2D eigenvalue weighted by Gasteiger charge is 2.04. The van der Waals surface area contributed by atoms with Crippen LogP contribution in [0.1, 0.15) is 31.7 Å². The summed E-state index contributed by atoms with van der Waals surface area (Å²) in [5.41, 5.74) is 6.31. The van der Waals surface area contributed by atoms with Crippen LogP contribution in [0.25, 0.3) is 0 Å². The first kappa shape index (κ1) is 12.1. The Balaban J connectivity index is 2.44. The third-order valence-electron chi connectivity index (χ3n) is 2.56. The zero-order valence-electron chi connectivity index (χ0n) is 8.97. The predicted octanol–water partition coefficient (Wildman–Crippen LogP) is 3.02. The molecule has 3 heteroatoms. The molecule has 0 amide bonds. The van der Waals surface area contributed by atoms with E-state index >= 15 is 0 Å². The SMILES string of the molecule is CCC(N)CCCc1ccc(F)cc1F. The van der Waals surface area contributed by atoms with Crippen molar-refractivity contribution in [2.75, 3.05) is 0 Å². The second kappa shape index (κ2) is 5.81. The maximum Gasteiger partial charge on any atom is 0.129 e. The molecule has 2 N–H and O–H groups in total. The Labute approximate surface area is 89.3 Å². The molecule has 0 radical (unpaired) electrons. The summed E-state index contributed by atoms with van der Waals surface area (Å²) in [4.78, 5) is 0. The van der Waals surface area contributed by atoms with Crippen molar-refractivity contribution in [1.82, 2.24) is 0 Å². The van der Waals surface area contributed by atoms with Gasteiger partial charge in [-0.15, -0.1) is 0 Å². The Kier molecular flexibility index (Phi) is 4.69. The Bertz CT molecular complexity index is 312. The van der Waals surface area contributed by atoms with Gasteiger partial charge in [0.05, 0.1) is 0 Å². The molecule has 0 fully saturated rings. The van der Waals surface area contributed by atoms with Crippen LogP contribution in [0.5, 0.6) is 0 Å². The summed E-state index contributed by atoms with van der Waals surface area (Å²) >= 11 is 0. The molecule has 1 aromatic rings. The van der Waals surface area contributed by atoms with Gasteiger partial charge in [0.1, 0.15) is 11.6 Å². The standard InChI is InChI=1S/C12H17F2N/c1-2-11(15)5-3-4-9-6-7-10(13)8-12(9)14/h6-8,11H,2-5,15H2,1H3. The van der Waals surface area contributed by atoms with Crippen LogP contribution in [0.2, 0.25) is 0 Å². The van der Waals surface area contributed by atoms with Crippen molar-refractivity contribution in [2.45, 2.75) is 38.6 Å². The number of rotatable bonds is 5. The number of aryl methyl sites for hydroxylation is 1. The van der Waals surface area contributed by atoms with Crippen LogP contribution >= 0.6 is 0 Å². The third kappa shape index (κ3) is 3.96. The molecule has 1 nitrogen and oxygen atoms in total. The predicted molar refractivity (Wildman–Crippen MR) is 57.6 cm³/mol. The van der Waals surface area contributed by atoms with E-state index in [1.165, 1.54) is 12.1 Å². The van der Waals surface area contributed by atoms with E-state index in [1.807, 2.05) is 6.92 Å². The average molecular weight is 213 g/mol. The van der Waals surface area contributed by atoms with Crippen molar-refractivity contribution in [1.29, 1.82) is 0 Å². The van der Waals surface area contributed by atoms with Gasteiger partial charge in [0.15, 0.2) is 0 Å². The zero-order valence-corrected chi connectivity index (χ0v) is 8.97. The molecule has 1 atom stereocenters. The maximum absolute atomic E-state index is 13.2. The maximum atomic E-state index is 13.2. The first-order valence-corrected chi connectivity index (χ1v) is 5.33. The van der Waals surface area contributed by atoms with Crippen LogP contribution in [0.3, 0.4) is 0 Å². The molecule has 0 spiro atoms. The van der Waals surface area contributed by atoms with Crippen LogP contribution < -0.4 is 5.73 Å². The zero-order chi connectivity index (χ0) is 11.3. The van der Waals surface area contributed by atoms with E-state index in [-0.39, 0.29) is 6.04 Å². The molecule has 1 unspecified atom stereocenters. The van der Waals surface area contributed by atoms with Crippen molar-refractivity contribution in [3.63, 3.8) is 0 Å². The summed E-state index contributed by atoms with van der Waals surface area (Å²) in [6, 6.07) is 3.91. The fourth-order valence-electron chi connectivity index (χ4n) is 1.48. The molecule has 0 bridgehead atoms. The van der Waals surface area contributed by atoms with Gasteiger partial charge in [-0.05, 0) is 37.3 Å². The summed E-state index contributed by atoms with van der Waals surface area (Å²) in [6.07, 6.45) is 3.29. The molecule has 1 rings (SSSR count). The molecule has 0 saturated heterocycles. The van der Waals surface area contributed by atoms with Crippen LogP contribution in [0.4, 0.5) is 8.78 Å². The van der Waals surface area contributed by atoms with Gasteiger partial charge in [0.2, 0.25) is 0 Å². The number of benzene rings is 1. The molecule has 84 valence electrons. The van der Waals surface area contributed by atoms with Crippen molar-refractivity contribution in [3.05, 3.63) is 35.4 Å². The van der Waals surface area contributed by atoms with Crippen LogP contribution in [0, 0.1) is 11.6 Å². The minimum atomic E-state index is -0.526. The van der Waals surface area contributed by atoms with Crippen molar-refractivity contribution in [3.8, 4) is 0 Å². The first-order valence-electron chi connectivity index (χ1n) is 5.33. The molecule has 0 aliphatic rings. The minimum Gasteiger partial charge on any atom is -0.328 e. The van der Waals surface area contributed by atoms with E-state index in [1.54, 1.807) is 0 Å². The van der Waals surface area contributed by atoms with Gasteiger partial charge < -0.3 is 5.73 Å². The molecule has 0 aromatic heterocycles. The van der Waals surface area contributed by atoms with Crippen LogP contribution in [0.15, 0.2) is 18.2 Å². The number of hydrogen-bond acceptors (Lipinski definition) is 1. The van der Waals surface area contributed by atoms with Gasteiger partial charge in [-0.2, -0.15) is 0 Å². The van der Waals surface area contributed by atoms with E-state index < -0.39 is 11.6 Å². The number of halogens is 2. The summed E-state index contributed by atoms with van der Waals surface area (Å²) in [5.74, 6) is -0.985. The number of hydrogen-bond donors (Lipinski definition) is 1. The molecule has 0 saturated carbocycles. The molecule has 0 aliphatic carbocycles. The van der Waals surface area contributed by atoms with Crippen molar-refractivity contribution in [2.24, 2.45) is 5.73 Å². The van der Waals surface area contributed by atoms with E-state index in [0.29, 0.717) is 12.0 Å². The van der Waals surface area contributed by atoms with Crippen LogP contribution in [-0.4, -0.2) is 6.04 Å². The van der Waals surface area contributed by atoms with E-state index in [4.69, 9.17) is 5.73 Å². The van der Waals surface area contributed by atoms with Gasteiger partial charge in [0.25, 0.3) is 0 Å². The van der Waals surface area contributed by atoms with Gasteiger partial charge in [-0.3, -0.25) is 0 Å². The van der Waals surface area contributed by atoms with E-state index in [2.05, 4.69) is 0 Å². The van der Waals surface area contributed by atoms with Crippen LogP contribution in [-0.2, 0) is 6.42 Å². The van der Waals surface area contributed by atoms with Crippen molar-refractivity contribution < 1.29 is 8.78 Å². The highest BCUT2D eigenvalue weighted by Crippen LogP contribution is 2.13. The summed E-state index contributed by atoms with van der Waals surface area (Å²) in [7, 11) is 0. The Morgan fingerprint density at radius 3 is 2.67 bits per heavy atom. The second-order valence-electron chi connectivity index (χ2n) is 3.80. The normalized spacial score (nSPS) is 12.8. The fraction of sp³-hybridized carbons (Fsp3) is 0.500. The molecule has 0 aliphatic heterocycles. The highest BCUT2D eigenvalue weighted by atomic mass is 19.1. The lowest BCUT2D eigenvalue weighted by atomic mass is 10.0. The van der Waals surface area contributed by atoms with Gasteiger partial charge in [-0.25, -0.2) is 8.78 Å². The van der Waals surface area contributed by atoms with Gasteiger partial charge >= 0.3 is 0 Å². The summed E-state index contributed by atoms with van der Waals surface area (Å²) < 4.78 is 25.8. The topological polar surface area (TPSA) is 26.0 Å². The Hall–Kier alpha value is -0.960. The number of nitrogens with two attached hydrogens (primary N) is 1. The smallest absolute Gasteiger partial charge is 0.129 e. The van der Waals surface area contributed by atoms with Crippen molar-refractivity contribution >= 4 is 0 Å². The quantitative estimate of drug-likeness (QED) is 0.799. The fourth-order valence-corrected chi connectivity index (χ4v) is 1.48. The summed E-state index contributed by atoms with van der Waals surface area (Å²) in [6.45, 7) is 2.03. The second-order valence-corrected chi connectivity index (χ2v) is 3.80.